The Balaban J connectivity index is 1.99. The van der Waals surface area contributed by atoms with Crippen molar-refractivity contribution in [2.24, 2.45) is 5.92 Å². The normalized spacial score (nSPS) is 22.4. The molecule has 1 aliphatic carbocycles. The number of ether oxygens (including phenoxy) is 1. The van der Waals surface area contributed by atoms with Gasteiger partial charge in [0.2, 0.25) is 0 Å². The second-order valence-electron chi connectivity index (χ2n) is 5.47. The lowest BCUT2D eigenvalue weighted by Crippen LogP contribution is -2.34. The van der Waals surface area contributed by atoms with Crippen molar-refractivity contribution in [3.63, 3.8) is 0 Å². The molecule has 2 unspecified atom stereocenters. The van der Waals surface area contributed by atoms with Gasteiger partial charge in [0, 0.05) is 11.9 Å². The first-order chi connectivity index (χ1) is 9.61. The fourth-order valence-corrected chi connectivity index (χ4v) is 3.08. The molecule has 0 saturated heterocycles. The average molecular weight is 296 g/mol. The predicted octanol–water partition coefficient (Wildman–Crippen LogP) is 3.53. The summed E-state index contributed by atoms with van der Waals surface area (Å²) in [6.07, 6.45) is 4.55. The molecule has 1 aromatic rings. The number of methoxy groups -OCH3 is 1. The molecule has 1 aliphatic rings. The summed E-state index contributed by atoms with van der Waals surface area (Å²) in [7, 11) is 1.58. The maximum Gasteiger partial charge on any atom is 0.255 e. The third kappa shape index (κ3) is 3.66. The van der Waals surface area contributed by atoms with Gasteiger partial charge >= 0.3 is 0 Å². The highest BCUT2D eigenvalue weighted by Gasteiger charge is 2.24. The lowest BCUT2D eigenvalue weighted by molar-refractivity contribution is 0.0941. The number of rotatable bonds is 4. The summed E-state index contributed by atoms with van der Waals surface area (Å²) in [4.78, 5) is 12.3. The van der Waals surface area contributed by atoms with Gasteiger partial charge in [0.15, 0.2) is 0 Å². The molecule has 0 aromatic heterocycles. The molecule has 1 saturated carbocycles. The molecule has 0 spiro atoms. The first kappa shape index (κ1) is 15.2. The Bertz CT molecular complexity index is 476. The van der Waals surface area contributed by atoms with Gasteiger partial charge in [0.1, 0.15) is 5.75 Å². The third-order valence-corrected chi connectivity index (χ3v) is 4.52. The van der Waals surface area contributed by atoms with Gasteiger partial charge in [0.05, 0.1) is 12.7 Å². The zero-order valence-electron chi connectivity index (χ0n) is 12.1. The van der Waals surface area contributed by atoms with Crippen LogP contribution in [0.25, 0.3) is 0 Å². The van der Waals surface area contributed by atoms with Crippen molar-refractivity contribution in [3.8, 4) is 5.75 Å². The van der Waals surface area contributed by atoms with E-state index in [0.29, 0.717) is 23.8 Å². The number of halogens is 1. The Morgan fingerprint density at radius 1 is 1.40 bits per heavy atom. The molecule has 2 rings (SSSR count). The lowest BCUT2D eigenvalue weighted by atomic mass is 9.88. The van der Waals surface area contributed by atoms with Gasteiger partial charge in [-0.15, -0.1) is 11.6 Å². The van der Waals surface area contributed by atoms with Gasteiger partial charge in [-0.3, -0.25) is 4.79 Å². The molecule has 2 atom stereocenters. The van der Waals surface area contributed by atoms with Gasteiger partial charge in [-0.05, 0) is 37.8 Å². The zero-order chi connectivity index (χ0) is 14.5. The van der Waals surface area contributed by atoms with E-state index < -0.39 is 0 Å². The van der Waals surface area contributed by atoms with E-state index in [-0.39, 0.29) is 11.3 Å². The van der Waals surface area contributed by atoms with Gasteiger partial charge in [-0.2, -0.15) is 0 Å². The largest absolute Gasteiger partial charge is 0.496 e. The average Bonchev–Trinajstić information content (AvgIpc) is 2.46. The number of nitrogens with one attached hydrogen (secondary N) is 1. The fraction of sp³-hybridized carbons (Fsp3) is 0.562. The number of carbonyl (C=O) groups excluding carboxylic acids is 1. The van der Waals surface area contributed by atoms with Crippen LogP contribution in [0.3, 0.4) is 0 Å². The molecule has 0 bridgehead atoms. The molecule has 3 nitrogen and oxygen atoms in total. The van der Waals surface area contributed by atoms with Crippen molar-refractivity contribution in [3.05, 3.63) is 29.3 Å². The van der Waals surface area contributed by atoms with Crippen molar-refractivity contribution in [1.82, 2.24) is 5.32 Å². The van der Waals surface area contributed by atoms with Crippen LogP contribution >= 0.6 is 11.6 Å². The second kappa shape index (κ2) is 6.98. The number of carbonyl (C=O) groups is 1. The summed E-state index contributed by atoms with van der Waals surface area (Å²) >= 11 is 6.32. The topological polar surface area (TPSA) is 38.3 Å². The first-order valence-corrected chi connectivity index (χ1v) is 7.62. The zero-order valence-corrected chi connectivity index (χ0v) is 12.9. The minimum Gasteiger partial charge on any atom is -0.496 e. The van der Waals surface area contributed by atoms with Crippen LogP contribution in [-0.4, -0.2) is 24.9 Å². The molecular formula is C16H22ClNO2. The van der Waals surface area contributed by atoms with Gasteiger partial charge in [0.25, 0.3) is 5.91 Å². The molecular weight excluding hydrogens is 274 g/mol. The molecule has 0 heterocycles. The highest BCUT2D eigenvalue weighted by Crippen LogP contribution is 2.28. The minimum absolute atomic E-state index is 0.0833. The Labute approximate surface area is 125 Å². The van der Waals surface area contributed by atoms with Crippen LogP contribution < -0.4 is 10.1 Å². The van der Waals surface area contributed by atoms with E-state index in [1.54, 1.807) is 7.11 Å². The van der Waals surface area contributed by atoms with Crippen LogP contribution in [0.5, 0.6) is 5.75 Å². The summed E-state index contributed by atoms with van der Waals surface area (Å²) in [6.45, 7) is 2.61. The SMILES string of the molecule is COc1ccc(C)cc1C(=O)NCC1CCCCC1Cl. The van der Waals surface area contributed by atoms with E-state index in [1.807, 2.05) is 25.1 Å². The van der Waals surface area contributed by atoms with E-state index in [0.717, 1.165) is 18.4 Å². The van der Waals surface area contributed by atoms with Crippen molar-refractivity contribution < 1.29 is 9.53 Å². The van der Waals surface area contributed by atoms with Gasteiger partial charge < -0.3 is 10.1 Å². The number of hydrogen-bond donors (Lipinski definition) is 1. The Morgan fingerprint density at radius 3 is 2.85 bits per heavy atom. The van der Waals surface area contributed by atoms with Crippen molar-refractivity contribution in [2.75, 3.05) is 13.7 Å². The molecule has 1 amide bonds. The molecule has 0 radical (unpaired) electrons. The maximum atomic E-state index is 12.3. The molecule has 20 heavy (non-hydrogen) atoms. The third-order valence-electron chi connectivity index (χ3n) is 3.94. The van der Waals surface area contributed by atoms with E-state index in [9.17, 15) is 4.79 Å². The van der Waals surface area contributed by atoms with Gasteiger partial charge in [-0.1, -0.05) is 24.5 Å². The van der Waals surface area contributed by atoms with Crippen LogP contribution in [0.2, 0.25) is 0 Å². The van der Waals surface area contributed by atoms with E-state index >= 15 is 0 Å². The second-order valence-corrected chi connectivity index (χ2v) is 6.03. The Hall–Kier alpha value is -1.22. The van der Waals surface area contributed by atoms with Crippen molar-refractivity contribution >= 4 is 17.5 Å². The Morgan fingerprint density at radius 2 is 2.15 bits per heavy atom. The van der Waals surface area contributed by atoms with Crippen molar-refractivity contribution in [1.29, 1.82) is 0 Å². The molecule has 1 N–H and O–H groups in total. The summed E-state index contributed by atoms with van der Waals surface area (Å²) in [5, 5.41) is 3.18. The van der Waals surface area contributed by atoms with E-state index in [2.05, 4.69) is 5.32 Å². The number of benzene rings is 1. The standard InChI is InChI=1S/C16H22ClNO2/c1-11-7-8-15(20-2)13(9-11)16(19)18-10-12-5-3-4-6-14(12)17/h7-9,12,14H,3-6,10H2,1-2H3,(H,18,19). The lowest BCUT2D eigenvalue weighted by Gasteiger charge is -2.27. The molecule has 1 aromatic carbocycles. The first-order valence-electron chi connectivity index (χ1n) is 7.18. The highest BCUT2D eigenvalue weighted by molar-refractivity contribution is 6.20. The van der Waals surface area contributed by atoms with Crippen LogP contribution in [0.4, 0.5) is 0 Å². The monoisotopic (exact) mass is 295 g/mol. The summed E-state index contributed by atoms with van der Waals surface area (Å²) in [5.41, 5.74) is 1.64. The summed E-state index contributed by atoms with van der Waals surface area (Å²) < 4.78 is 5.25. The summed E-state index contributed by atoms with van der Waals surface area (Å²) in [6, 6.07) is 5.62. The van der Waals surface area contributed by atoms with E-state index in [4.69, 9.17) is 16.3 Å². The number of amides is 1. The summed E-state index contributed by atoms with van der Waals surface area (Å²) in [5.74, 6) is 0.907. The van der Waals surface area contributed by atoms with Crippen LogP contribution in [0.1, 0.15) is 41.6 Å². The smallest absolute Gasteiger partial charge is 0.255 e. The number of alkyl halides is 1. The Kier molecular flexibility index (Phi) is 5.30. The maximum absolute atomic E-state index is 12.3. The van der Waals surface area contributed by atoms with Crippen molar-refractivity contribution in [2.45, 2.75) is 38.0 Å². The van der Waals surface area contributed by atoms with Crippen LogP contribution in [0.15, 0.2) is 18.2 Å². The fourth-order valence-electron chi connectivity index (χ4n) is 2.71. The van der Waals surface area contributed by atoms with E-state index in [1.165, 1.54) is 12.8 Å². The van der Waals surface area contributed by atoms with Gasteiger partial charge in [-0.25, -0.2) is 0 Å². The molecule has 4 heteroatoms. The molecule has 0 aliphatic heterocycles. The highest BCUT2D eigenvalue weighted by atomic mass is 35.5. The molecule has 1 fully saturated rings. The van der Waals surface area contributed by atoms with Crippen LogP contribution in [0, 0.1) is 12.8 Å². The minimum atomic E-state index is -0.0833. The molecule has 110 valence electrons. The number of hydrogen-bond acceptors (Lipinski definition) is 2. The van der Waals surface area contributed by atoms with Crippen LogP contribution in [-0.2, 0) is 0 Å². The number of aryl methyl sites for hydroxylation is 1. The quantitative estimate of drug-likeness (QED) is 0.863. The predicted molar refractivity (Wildman–Crippen MR) is 81.7 cm³/mol.